The number of carboxylic acids is 1. The van der Waals surface area contributed by atoms with E-state index in [1.165, 1.54) is 32.0 Å². The largest absolute Gasteiger partial charge is 0.480 e. The maximum Gasteiger partial charge on any atom is 0.325 e. The van der Waals surface area contributed by atoms with Crippen LogP contribution < -0.4 is 15.4 Å². The smallest absolute Gasteiger partial charge is 0.325 e. The molecule has 0 radical (unpaired) electrons. The molecular weight excluding hydrogens is 326 g/mol. The lowest BCUT2D eigenvalue weighted by atomic mass is 10.1. The number of hydrogen-bond acceptors (Lipinski definition) is 5. The zero-order chi connectivity index (χ0) is 17.8. The van der Waals surface area contributed by atoms with Gasteiger partial charge in [-0.3, -0.25) is 19.1 Å². The van der Waals surface area contributed by atoms with Gasteiger partial charge in [-0.1, -0.05) is 0 Å². The van der Waals surface area contributed by atoms with Crippen molar-refractivity contribution in [2.24, 2.45) is 0 Å². The molecule has 0 bridgehead atoms. The number of carbonyl (C=O) groups excluding carboxylic acids is 2. The Bertz CT molecular complexity index is 744. The van der Waals surface area contributed by atoms with Gasteiger partial charge in [0.2, 0.25) is 15.9 Å². The Morgan fingerprint density at radius 1 is 1.22 bits per heavy atom. The summed E-state index contributed by atoms with van der Waals surface area (Å²) in [6.07, 6.45) is 0.913. The molecule has 0 heterocycles. The maximum atomic E-state index is 12.2. The Labute approximate surface area is 133 Å². The van der Waals surface area contributed by atoms with Crippen molar-refractivity contribution >= 4 is 39.2 Å². The molecule has 0 aliphatic rings. The van der Waals surface area contributed by atoms with E-state index in [0.29, 0.717) is 0 Å². The second-order valence-electron chi connectivity index (χ2n) is 4.85. The summed E-state index contributed by atoms with van der Waals surface area (Å²) >= 11 is 0. The third-order valence-corrected chi connectivity index (χ3v) is 3.19. The van der Waals surface area contributed by atoms with Crippen LogP contribution >= 0.6 is 0 Å². The van der Waals surface area contributed by atoms with Crippen LogP contribution in [0.3, 0.4) is 0 Å². The average molecular weight is 343 g/mol. The van der Waals surface area contributed by atoms with Crippen LogP contribution in [0.1, 0.15) is 24.2 Å². The average Bonchev–Trinajstić information content (AvgIpc) is 2.37. The third-order valence-electron chi connectivity index (χ3n) is 2.60. The SMILES string of the molecule is CC(=O)Nc1ccc(NS(C)(=O)=O)c(C(=O)NC(C)C(=O)O)c1. The predicted octanol–water partition coefficient (Wildman–Crippen LogP) is 0.219. The lowest BCUT2D eigenvalue weighted by molar-refractivity contribution is -0.138. The summed E-state index contributed by atoms with van der Waals surface area (Å²) in [4.78, 5) is 34.1. The van der Waals surface area contributed by atoms with Crippen molar-refractivity contribution in [3.63, 3.8) is 0 Å². The van der Waals surface area contributed by atoms with Crippen LogP contribution in [0.2, 0.25) is 0 Å². The highest BCUT2D eigenvalue weighted by atomic mass is 32.2. The first-order valence-electron chi connectivity index (χ1n) is 6.42. The molecule has 0 fully saturated rings. The van der Waals surface area contributed by atoms with Gasteiger partial charge in [0.25, 0.3) is 5.91 Å². The number of sulfonamides is 1. The number of benzene rings is 1. The molecule has 4 N–H and O–H groups in total. The molecule has 0 aliphatic heterocycles. The van der Waals surface area contributed by atoms with Crippen molar-refractivity contribution in [2.45, 2.75) is 19.9 Å². The van der Waals surface area contributed by atoms with E-state index in [2.05, 4.69) is 15.4 Å². The summed E-state index contributed by atoms with van der Waals surface area (Å²) in [5, 5.41) is 13.5. The minimum absolute atomic E-state index is 0.0308. The first-order chi connectivity index (χ1) is 10.5. The number of anilines is 2. The molecule has 0 spiro atoms. The number of aliphatic carboxylic acids is 1. The highest BCUT2D eigenvalue weighted by molar-refractivity contribution is 7.92. The number of amides is 2. The summed E-state index contributed by atoms with van der Waals surface area (Å²) in [5.41, 5.74) is 0.121. The summed E-state index contributed by atoms with van der Waals surface area (Å²) in [6, 6.07) is 2.79. The second kappa shape index (κ2) is 7.09. The molecule has 10 heteroatoms. The fourth-order valence-corrected chi connectivity index (χ4v) is 2.22. The molecule has 1 atom stereocenters. The van der Waals surface area contributed by atoms with E-state index in [0.717, 1.165) is 6.26 Å². The van der Waals surface area contributed by atoms with Crippen LogP contribution in [0.4, 0.5) is 11.4 Å². The van der Waals surface area contributed by atoms with Crippen LogP contribution in [0.25, 0.3) is 0 Å². The highest BCUT2D eigenvalue weighted by Crippen LogP contribution is 2.22. The van der Waals surface area contributed by atoms with Crippen molar-refractivity contribution in [3.05, 3.63) is 23.8 Å². The molecule has 1 unspecified atom stereocenters. The lowest BCUT2D eigenvalue weighted by Crippen LogP contribution is -2.38. The molecule has 1 aromatic carbocycles. The molecule has 1 aromatic rings. The van der Waals surface area contributed by atoms with Crippen LogP contribution in [0.5, 0.6) is 0 Å². The molecule has 0 aliphatic carbocycles. The van der Waals surface area contributed by atoms with Crippen LogP contribution in [0, 0.1) is 0 Å². The van der Waals surface area contributed by atoms with Gasteiger partial charge in [-0.05, 0) is 25.1 Å². The van der Waals surface area contributed by atoms with E-state index in [1.54, 1.807) is 0 Å². The standard InChI is InChI=1S/C13H17N3O6S/c1-7(13(19)20)14-12(18)10-6-9(15-8(2)17)4-5-11(10)16-23(3,21)22/h4-7,16H,1-3H3,(H,14,18)(H,15,17)(H,19,20). The number of carbonyl (C=O) groups is 3. The van der Waals surface area contributed by atoms with Gasteiger partial charge < -0.3 is 15.7 Å². The first kappa shape index (κ1) is 18.4. The molecule has 126 valence electrons. The predicted molar refractivity (Wildman–Crippen MR) is 83.8 cm³/mol. The Kier molecular flexibility index (Phi) is 5.68. The summed E-state index contributed by atoms with van der Waals surface area (Å²) in [5.74, 6) is -2.41. The van der Waals surface area contributed by atoms with Crippen molar-refractivity contribution in [1.29, 1.82) is 0 Å². The molecule has 2 amide bonds. The molecule has 0 saturated carbocycles. The minimum Gasteiger partial charge on any atom is -0.480 e. The van der Waals surface area contributed by atoms with Crippen LogP contribution in [-0.2, 0) is 19.6 Å². The van der Waals surface area contributed by atoms with Gasteiger partial charge in [-0.15, -0.1) is 0 Å². The number of rotatable bonds is 6. The monoisotopic (exact) mass is 343 g/mol. The van der Waals surface area contributed by atoms with Gasteiger partial charge in [0.05, 0.1) is 17.5 Å². The van der Waals surface area contributed by atoms with Crippen LogP contribution in [0.15, 0.2) is 18.2 Å². The van der Waals surface area contributed by atoms with Crippen molar-refractivity contribution in [3.8, 4) is 0 Å². The molecule has 23 heavy (non-hydrogen) atoms. The second-order valence-corrected chi connectivity index (χ2v) is 6.60. The fraction of sp³-hybridized carbons (Fsp3) is 0.308. The summed E-state index contributed by atoms with van der Waals surface area (Å²) < 4.78 is 24.9. The molecule has 0 aromatic heterocycles. The minimum atomic E-state index is -3.65. The van der Waals surface area contributed by atoms with Crippen LogP contribution in [-0.4, -0.2) is 43.6 Å². The van der Waals surface area contributed by atoms with E-state index in [-0.39, 0.29) is 22.8 Å². The van der Waals surface area contributed by atoms with Crippen molar-refractivity contribution < 1.29 is 27.9 Å². The topological polar surface area (TPSA) is 142 Å². The fourth-order valence-electron chi connectivity index (χ4n) is 1.64. The van der Waals surface area contributed by atoms with E-state index >= 15 is 0 Å². The molecule has 1 rings (SSSR count). The summed E-state index contributed by atoms with van der Waals surface area (Å²) in [7, 11) is -3.65. The molecule has 0 saturated heterocycles. The quantitative estimate of drug-likeness (QED) is 0.582. The van der Waals surface area contributed by atoms with Gasteiger partial charge in [-0.2, -0.15) is 0 Å². The highest BCUT2D eigenvalue weighted by Gasteiger charge is 2.20. The Balaban J connectivity index is 3.23. The van der Waals surface area contributed by atoms with E-state index in [4.69, 9.17) is 5.11 Å². The van der Waals surface area contributed by atoms with Crippen molar-refractivity contribution in [1.82, 2.24) is 5.32 Å². The van der Waals surface area contributed by atoms with E-state index in [1.807, 2.05) is 0 Å². The zero-order valence-corrected chi connectivity index (χ0v) is 13.5. The van der Waals surface area contributed by atoms with Gasteiger partial charge in [-0.25, -0.2) is 8.42 Å². The number of nitrogens with one attached hydrogen (secondary N) is 3. The lowest BCUT2D eigenvalue weighted by Gasteiger charge is -2.14. The Morgan fingerprint density at radius 2 is 1.83 bits per heavy atom. The Hall–Kier alpha value is -2.62. The third kappa shape index (κ3) is 5.94. The van der Waals surface area contributed by atoms with Gasteiger partial charge in [0.15, 0.2) is 0 Å². The van der Waals surface area contributed by atoms with E-state index < -0.39 is 27.9 Å². The maximum absolute atomic E-state index is 12.2. The van der Waals surface area contributed by atoms with Gasteiger partial charge >= 0.3 is 5.97 Å². The molecule has 9 nitrogen and oxygen atoms in total. The van der Waals surface area contributed by atoms with Gasteiger partial charge in [0, 0.05) is 12.6 Å². The van der Waals surface area contributed by atoms with Gasteiger partial charge in [0.1, 0.15) is 6.04 Å². The molecular formula is C13H17N3O6S. The number of carboxylic acid groups (broad SMARTS) is 1. The van der Waals surface area contributed by atoms with E-state index in [9.17, 15) is 22.8 Å². The first-order valence-corrected chi connectivity index (χ1v) is 8.32. The number of hydrogen-bond donors (Lipinski definition) is 4. The zero-order valence-electron chi connectivity index (χ0n) is 12.7. The summed E-state index contributed by atoms with van der Waals surface area (Å²) in [6.45, 7) is 2.54. The normalized spacial score (nSPS) is 12.1. The Morgan fingerprint density at radius 3 is 2.30 bits per heavy atom. The van der Waals surface area contributed by atoms with Crippen molar-refractivity contribution in [2.75, 3.05) is 16.3 Å².